The van der Waals surface area contributed by atoms with Gasteiger partial charge in [0.15, 0.2) is 0 Å². The first-order chi connectivity index (χ1) is 10.3. The first-order valence-electron chi connectivity index (χ1n) is 6.75. The Bertz CT molecular complexity index is 877. The van der Waals surface area contributed by atoms with Crippen molar-refractivity contribution in [3.05, 3.63) is 59.7 Å². The Balaban J connectivity index is 2.17. The van der Waals surface area contributed by atoms with Crippen molar-refractivity contribution in [3.63, 3.8) is 0 Å². The Kier molecular flexibility index (Phi) is 2.92. The zero-order chi connectivity index (χ0) is 14.4. The number of hydrogen-bond donors (Lipinski definition) is 0. The van der Waals surface area contributed by atoms with Crippen LogP contribution < -0.4 is 0 Å². The van der Waals surface area contributed by atoms with Gasteiger partial charge in [0.25, 0.3) is 0 Å². The van der Waals surface area contributed by atoms with Crippen molar-refractivity contribution < 1.29 is 0 Å². The quantitative estimate of drug-likeness (QED) is 0.526. The van der Waals surface area contributed by atoms with Gasteiger partial charge in [-0.25, -0.2) is 0 Å². The van der Waals surface area contributed by atoms with E-state index < -0.39 is 0 Å². The maximum atomic E-state index is 4.40. The molecular formula is C17H12IN3. The summed E-state index contributed by atoms with van der Waals surface area (Å²) in [5, 5.41) is 8.63. The minimum atomic E-state index is 0.941. The van der Waals surface area contributed by atoms with Gasteiger partial charge in [0, 0.05) is 11.1 Å². The fourth-order valence-electron chi connectivity index (χ4n) is 2.85. The fourth-order valence-corrected chi connectivity index (χ4v) is 3.44. The summed E-state index contributed by atoms with van der Waals surface area (Å²) < 4.78 is 1.83. The first-order valence-corrected chi connectivity index (χ1v) is 7.71. The third kappa shape index (κ3) is 1.93. The van der Waals surface area contributed by atoms with Gasteiger partial charge in [0.05, 0.1) is 22.9 Å². The third-order valence-electron chi connectivity index (χ3n) is 3.83. The highest BCUT2D eigenvalue weighted by atomic mass is 127. The second kappa shape index (κ2) is 4.80. The molecular weight excluding hydrogens is 373 g/mol. The van der Waals surface area contributed by atoms with Crippen molar-refractivity contribution in [1.29, 1.82) is 0 Å². The summed E-state index contributed by atoms with van der Waals surface area (Å²) in [5.74, 6) is 0. The van der Waals surface area contributed by atoms with E-state index in [1.807, 2.05) is 8.96 Å². The molecule has 0 saturated heterocycles. The van der Waals surface area contributed by atoms with E-state index in [2.05, 4.69) is 88.6 Å². The molecule has 0 unspecified atom stereocenters. The molecule has 3 nitrogen and oxygen atoms in total. The molecule has 0 bridgehead atoms. The zero-order valence-electron chi connectivity index (χ0n) is 11.4. The van der Waals surface area contributed by atoms with Gasteiger partial charge in [-0.05, 0) is 23.6 Å². The van der Waals surface area contributed by atoms with Gasteiger partial charge in [-0.15, -0.1) is 5.10 Å². The van der Waals surface area contributed by atoms with Crippen molar-refractivity contribution >= 4 is 34.5 Å². The van der Waals surface area contributed by atoms with E-state index in [-0.39, 0.29) is 0 Å². The van der Waals surface area contributed by atoms with Gasteiger partial charge in [-0.3, -0.25) is 0 Å². The molecule has 0 fully saturated rings. The predicted octanol–water partition coefficient (Wildman–Crippen LogP) is 4.68. The number of benzene rings is 2. The summed E-state index contributed by atoms with van der Waals surface area (Å²) >= 11 is 2.19. The smallest absolute Gasteiger partial charge is 0.122 e. The van der Waals surface area contributed by atoms with Crippen LogP contribution in [0.4, 0.5) is 0 Å². The molecule has 0 spiro atoms. The third-order valence-corrected chi connectivity index (χ3v) is 4.50. The minimum absolute atomic E-state index is 0.941. The molecule has 1 heterocycles. The SMILES string of the molecule is C/C1=C/c2ccccc2-c2nnn(I)c2-c2ccccc21. The van der Waals surface area contributed by atoms with Crippen molar-refractivity contribution in [2.75, 3.05) is 0 Å². The van der Waals surface area contributed by atoms with Crippen LogP contribution in [0, 0.1) is 0 Å². The van der Waals surface area contributed by atoms with E-state index in [1.165, 1.54) is 22.3 Å². The largest absolute Gasteiger partial charge is 0.183 e. The lowest BCUT2D eigenvalue weighted by Crippen LogP contribution is -1.96. The van der Waals surface area contributed by atoms with Crippen LogP contribution in [0.2, 0.25) is 0 Å². The molecule has 21 heavy (non-hydrogen) atoms. The summed E-state index contributed by atoms with van der Waals surface area (Å²) in [5.41, 5.74) is 7.97. The van der Waals surface area contributed by atoms with Gasteiger partial charge in [-0.1, -0.05) is 59.8 Å². The van der Waals surface area contributed by atoms with Gasteiger partial charge in [-0.2, -0.15) is 2.90 Å². The second-order valence-corrected chi connectivity index (χ2v) is 6.02. The van der Waals surface area contributed by atoms with Crippen LogP contribution in [0.25, 0.3) is 34.2 Å². The van der Waals surface area contributed by atoms with Crippen LogP contribution in [-0.2, 0) is 0 Å². The summed E-state index contributed by atoms with van der Waals surface area (Å²) in [6.07, 6.45) is 2.23. The monoisotopic (exact) mass is 385 g/mol. The van der Waals surface area contributed by atoms with Crippen molar-refractivity contribution in [1.82, 2.24) is 13.2 Å². The molecule has 1 aliphatic rings. The lowest BCUT2D eigenvalue weighted by Gasteiger charge is -2.15. The van der Waals surface area contributed by atoms with Crippen LogP contribution in [0.3, 0.4) is 0 Å². The number of halogens is 1. The molecule has 3 aromatic rings. The second-order valence-electron chi connectivity index (χ2n) is 5.11. The Hall–Kier alpha value is -1.95. The van der Waals surface area contributed by atoms with Gasteiger partial charge >= 0.3 is 0 Å². The van der Waals surface area contributed by atoms with Crippen LogP contribution in [0.1, 0.15) is 18.1 Å². The van der Waals surface area contributed by atoms with Crippen molar-refractivity contribution in [2.24, 2.45) is 0 Å². The standard InChI is InChI=1S/C17H12IN3/c1-11-10-12-6-2-3-8-14(12)16-17(21(18)20-19-16)15-9-5-4-7-13(11)15/h2-10H,1H3/b11-10-,12-10?,13-11?,16-14?,17-15?. The molecule has 0 aliphatic heterocycles. The lowest BCUT2D eigenvalue weighted by atomic mass is 9.90. The molecule has 102 valence electrons. The van der Waals surface area contributed by atoms with Crippen LogP contribution >= 0.6 is 22.9 Å². The number of fused-ring (bicyclic) bond motifs is 5. The minimum Gasteiger partial charge on any atom is -0.183 e. The van der Waals surface area contributed by atoms with E-state index in [0.717, 1.165) is 17.0 Å². The lowest BCUT2D eigenvalue weighted by molar-refractivity contribution is 0.923. The van der Waals surface area contributed by atoms with Gasteiger partial charge < -0.3 is 0 Å². The van der Waals surface area contributed by atoms with E-state index in [4.69, 9.17) is 0 Å². The summed E-state index contributed by atoms with van der Waals surface area (Å²) in [6, 6.07) is 16.8. The highest BCUT2D eigenvalue weighted by Gasteiger charge is 2.22. The van der Waals surface area contributed by atoms with Crippen molar-refractivity contribution in [2.45, 2.75) is 6.92 Å². The average molecular weight is 385 g/mol. The Morgan fingerprint density at radius 3 is 2.38 bits per heavy atom. The summed E-state index contributed by atoms with van der Waals surface area (Å²) in [4.78, 5) is 0. The molecule has 1 aromatic heterocycles. The fraction of sp³-hybridized carbons (Fsp3) is 0.0588. The Morgan fingerprint density at radius 1 is 0.905 bits per heavy atom. The number of allylic oxidation sites excluding steroid dienone is 1. The molecule has 0 radical (unpaired) electrons. The van der Waals surface area contributed by atoms with Crippen LogP contribution in [0.5, 0.6) is 0 Å². The highest BCUT2D eigenvalue weighted by molar-refractivity contribution is 14.1. The Morgan fingerprint density at radius 2 is 1.57 bits per heavy atom. The molecule has 4 heteroatoms. The maximum absolute atomic E-state index is 4.40. The normalized spacial score (nSPS) is 15.0. The van der Waals surface area contributed by atoms with E-state index in [9.17, 15) is 0 Å². The molecule has 2 aromatic carbocycles. The van der Waals surface area contributed by atoms with Gasteiger partial charge in [0.2, 0.25) is 0 Å². The number of hydrogen-bond acceptors (Lipinski definition) is 2. The first kappa shape index (κ1) is 12.8. The average Bonchev–Trinajstić information content (AvgIpc) is 2.87. The van der Waals surface area contributed by atoms with Crippen LogP contribution in [-0.4, -0.2) is 13.2 Å². The van der Waals surface area contributed by atoms with E-state index in [1.54, 1.807) is 0 Å². The molecule has 0 atom stereocenters. The van der Waals surface area contributed by atoms with E-state index >= 15 is 0 Å². The summed E-state index contributed by atoms with van der Waals surface area (Å²) in [7, 11) is 0. The Labute approximate surface area is 136 Å². The molecule has 0 amide bonds. The van der Waals surface area contributed by atoms with Gasteiger partial charge in [0.1, 0.15) is 11.4 Å². The molecule has 0 N–H and O–H groups in total. The maximum Gasteiger partial charge on any atom is 0.122 e. The topological polar surface area (TPSA) is 30.7 Å². The number of rotatable bonds is 0. The van der Waals surface area contributed by atoms with Crippen molar-refractivity contribution in [3.8, 4) is 22.5 Å². The number of nitrogens with zero attached hydrogens (tertiary/aromatic N) is 3. The molecule has 0 saturated carbocycles. The summed E-state index contributed by atoms with van der Waals surface area (Å²) in [6.45, 7) is 2.15. The zero-order valence-corrected chi connectivity index (χ0v) is 13.6. The highest BCUT2D eigenvalue weighted by Crippen LogP contribution is 2.40. The predicted molar refractivity (Wildman–Crippen MR) is 93.9 cm³/mol. The van der Waals surface area contributed by atoms with E-state index in [0.29, 0.717) is 0 Å². The van der Waals surface area contributed by atoms with Crippen LogP contribution in [0.15, 0.2) is 48.5 Å². The number of aromatic nitrogens is 3. The molecule has 1 aliphatic carbocycles. The molecule has 4 rings (SSSR count).